The zero-order valence-corrected chi connectivity index (χ0v) is 9.98. The molecular formula is C10H16F3NO3. The number of Topliss-reactive ketones (excluding diaryl/α,β-unsaturated/α-hetero) is 1. The predicted molar refractivity (Wildman–Crippen MR) is 54.5 cm³/mol. The van der Waals surface area contributed by atoms with Crippen LogP contribution in [0.2, 0.25) is 0 Å². The molecule has 0 fully saturated rings. The SMILES string of the molecule is CC(C)(C)OC(=O)NCC(=O)CCC(F)(F)F. The first kappa shape index (κ1) is 15.7. The minimum Gasteiger partial charge on any atom is -0.444 e. The second-order valence-electron chi connectivity index (χ2n) is 4.51. The van der Waals surface area contributed by atoms with E-state index in [1.807, 2.05) is 0 Å². The van der Waals surface area contributed by atoms with Crippen molar-refractivity contribution in [2.75, 3.05) is 6.54 Å². The highest BCUT2D eigenvalue weighted by molar-refractivity contribution is 5.83. The summed E-state index contributed by atoms with van der Waals surface area (Å²) < 4.78 is 40.1. The molecule has 0 bridgehead atoms. The van der Waals surface area contributed by atoms with E-state index in [-0.39, 0.29) is 0 Å². The van der Waals surface area contributed by atoms with E-state index in [1.165, 1.54) is 0 Å². The van der Waals surface area contributed by atoms with E-state index in [9.17, 15) is 22.8 Å². The van der Waals surface area contributed by atoms with Gasteiger partial charge in [-0.1, -0.05) is 0 Å². The number of carbonyl (C=O) groups is 2. The Bertz CT molecular complexity index is 282. The van der Waals surface area contributed by atoms with Gasteiger partial charge in [0.15, 0.2) is 5.78 Å². The first-order valence-electron chi connectivity index (χ1n) is 5.05. The first-order valence-corrected chi connectivity index (χ1v) is 5.05. The van der Waals surface area contributed by atoms with Gasteiger partial charge in [-0.25, -0.2) is 4.79 Å². The van der Waals surface area contributed by atoms with Crippen LogP contribution in [-0.4, -0.2) is 30.2 Å². The van der Waals surface area contributed by atoms with Crippen molar-refractivity contribution in [3.8, 4) is 0 Å². The number of nitrogens with one attached hydrogen (secondary N) is 1. The third-order valence-electron chi connectivity index (χ3n) is 1.52. The number of hydrogen-bond acceptors (Lipinski definition) is 3. The normalized spacial score (nSPS) is 12.1. The summed E-state index contributed by atoms with van der Waals surface area (Å²) in [6, 6.07) is 0. The Hall–Kier alpha value is -1.27. The van der Waals surface area contributed by atoms with Crippen LogP contribution in [-0.2, 0) is 9.53 Å². The van der Waals surface area contributed by atoms with Gasteiger partial charge in [0.05, 0.1) is 13.0 Å². The van der Waals surface area contributed by atoms with Crippen molar-refractivity contribution in [1.29, 1.82) is 0 Å². The molecule has 0 saturated heterocycles. The van der Waals surface area contributed by atoms with Gasteiger partial charge in [0.2, 0.25) is 0 Å². The van der Waals surface area contributed by atoms with Crippen LogP contribution in [0.3, 0.4) is 0 Å². The molecule has 1 amide bonds. The monoisotopic (exact) mass is 255 g/mol. The highest BCUT2D eigenvalue weighted by Gasteiger charge is 2.27. The van der Waals surface area contributed by atoms with Gasteiger partial charge in [0.1, 0.15) is 5.60 Å². The molecule has 0 atom stereocenters. The molecule has 0 spiro atoms. The van der Waals surface area contributed by atoms with Crippen molar-refractivity contribution in [3.05, 3.63) is 0 Å². The number of halogens is 3. The van der Waals surface area contributed by atoms with Gasteiger partial charge in [-0.05, 0) is 20.8 Å². The van der Waals surface area contributed by atoms with Gasteiger partial charge in [0, 0.05) is 6.42 Å². The molecule has 0 aromatic heterocycles. The minimum atomic E-state index is -4.36. The Morgan fingerprint density at radius 2 is 1.71 bits per heavy atom. The lowest BCUT2D eigenvalue weighted by Crippen LogP contribution is -2.35. The number of hydrogen-bond donors (Lipinski definition) is 1. The van der Waals surface area contributed by atoms with E-state index in [4.69, 9.17) is 4.74 Å². The molecular weight excluding hydrogens is 239 g/mol. The molecule has 0 aliphatic rings. The number of ether oxygens (including phenoxy) is 1. The maximum absolute atomic E-state index is 11.8. The van der Waals surface area contributed by atoms with E-state index in [0.717, 1.165) is 0 Å². The third-order valence-corrected chi connectivity index (χ3v) is 1.52. The molecule has 0 aromatic carbocycles. The Morgan fingerprint density at radius 3 is 2.12 bits per heavy atom. The van der Waals surface area contributed by atoms with Crippen molar-refractivity contribution in [2.24, 2.45) is 0 Å². The van der Waals surface area contributed by atoms with Crippen LogP contribution in [0.15, 0.2) is 0 Å². The van der Waals surface area contributed by atoms with Gasteiger partial charge in [0.25, 0.3) is 0 Å². The van der Waals surface area contributed by atoms with Crippen LogP contribution >= 0.6 is 0 Å². The number of alkyl carbamates (subject to hydrolysis) is 1. The summed E-state index contributed by atoms with van der Waals surface area (Å²) in [4.78, 5) is 22.0. The Balaban J connectivity index is 3.82. The number of ketones is 1. The van der Waals surface area contributed by atoms with E-state index in [0.29, 0.717) is 0 Å². The lowest BCUT2D eigenvalue weighted by molar-refractivity contribution is -0.142. The Morgan fingerprint density at radius 1 is 1.18 bits per heavy atom. The predicted octanol–water partition coefficient (Wildman–Crippen LogP) is 2.42. The lowest BCUT2D eigenvalue weighted by Gasteiger charge is -2.19. The molecule has 100 valence electrons. The maximum atomic E-state index is 11.8. The second kappa shape index (κ2) is 5.88. The van der Waals surface area contributed by atoms with E-state index >= 15 is 0 Å². The highest BCUT2D eigenvalue weighted by Crippen LogP contribution is 2.21. The molecule has 0 aliphatic carbocycles. The largest absolute Gasteiger partial charge is 0.444 e. The molecule has 0 unspecified atom stereocenters. The number of amides is 1. The third kappa shape index (κ3) is 11.0. The zero-order valence-electron chi connectivity index (χ0n) is 9.98. The molecule has 0 aliphatic heterocycles. The van der Waals surface area contributed by atoms with Crippen molar-refractivity contribution in [1.82, 2.24) is 5.32 Å². The van der Waals surface area contributed by atoms with Crippen LogP contribution in [0, 0.1) is 0 Å². The molecule has 0 saturated carbocycles. The van der Waals surface area contributed by atoms with Crippen molar-refractivity contribution < 1.29 is 27.5 Å². The van der Waals surface area contributed by atoms with Gasteiger partial charge >= 0.3 is 12.3 Å². The summed E-state index contributed by atoms with van der Waals surface area (Å²) >= 11 is 0. The smallest absolute Gasteiger partial charge is 0.408 e. The minimum absolute atomic E-state index is 0.453. The van der Waals surface area contributed by atoms with Crippen LogP contribution in [0.1, 0.15) is 33.6 Å². The molecule has 7 heteroatoms. The Kier molecular flexibility index (Phi) is 5.44. The topological polar surface area (TPSA) is 55.4 Å². The summed E-state index contributed by atoms with van der Waals surface area (Å²) in [5, 5.41) is 2.10. The highest BCUT2D eigenvalue weighted by atomic mass is 19.4. The van der Waals surface area contributed by atoms with Gasteiger partial charge in [-0.15, -0.1) is 0 Å². The number of rotatable bonds is 4. The Labute approximate surface area is 97.5 Å². The van der Waals surface area contributed by atoms with Crippen LogP contribution < -0.4 is 5.32 Å². The standard InChI is InChI=1S/C10H16F3NO3/c1-9(2,3)17-8(16)14-6-7(15)4-5-10(11,12)13/h4-6H2,1-3H3,(H,14,16). The maximum Gasteiger partial charge on any atom is 0.408 e. The zero-order chi connectivity index (χ0) is 13.7. The molecule has 0 rings (SSSR count). The summed E-state index contributed by atoms with van der Waals surface area (Å²) in [7, 11) is 0. The average Bonchev–Trinajstić information content (AvgIpc) is 2.07. The fourth-order valence-corrected chi connectivity index (χ4v) is 0.854. The number of alkyl halides is 3. The van der Waals surface area contributed by atoms with Crippen LogP contribution in [0.25, 0.3) is 0 Å². The molecule has 1 N–H and O–H groups in total. The summed E-state index contributed by atoms with van der Waals surface area (Å²) in [5.74, 6) is -0.687. The summed E-state index contributed by atoms with van der Waals surface area (Å²) in [6.07, 6.45) is -7.00. The van der Waals surface area contributed by atoms with Crippen molar-refractivity contribution in [3.63, 3.8) is 0 Å². The summed E-state index contributed by atoms with van der Waals surface area (Å²) in [5.41, 5.74) is -0.709. The van der Waals surface area contributed by atoms with E-state index in [1.54, 1.807) is 20.8 Å². The molecule has 0 radical (unpaired) electrons. The van der Waals surface area contributed by atoms with Gasteiger partial charge in [-0.2, -0.15) is 13.2 Å². The quantitative estimate of drug-likeness (QED) is 0.839. The van der Waals surface area contributed by atoms with Gasteiger partial charge < -0.3 is 10.1 Å². The number of carbonyl (C=O) groups excluding carboxylic acids is 2. The molecule has 0 heterocycles. The lowest BCUT2D eigenvalue weighted by atomic mass is 10.2. The van der Waals surface area contributed by atoms with Crippen LogP contribution in [0.4, 0.5) is 18.0 Å². The molecule has 17 heavy (non-hydrogen) atoms. The second-order valence-corrected chi connectivity index (χ2v) is 4.51. The van der Waals surface area contributed by atoms with E-state index in [2.05, 4.69) is 5.32 Å². The van der Waals surface area contributed by atoms with Gasteiger partial charge in [-0.3, -0.25) is 4.79 Å². The van der Waals surface area contributed by atoms with E-state index < -0.39 is 43.0 Å². The first-order chi connectivity index (χ1) is 7.49. The fraction of sp³-hybridized carbons (Fsp3) is 0.800. The van der Waals surface area contributed by atoms with Crippen LogP contribution in [0.5, 0.6) is 0 Å². The summed E-state index contributed by atoms with van der Waals surface area (Å²) in [6.45, 7) is 4.46. The van der Waals surface area contributed by atoms with Crippen molar-refractivity contribution in [2.45, 2.75) is 45.4 Å². The molecule has 4 nitrogen and oxygen atoms in total. The van der Waals surface area contributed by atoms with Crippen molar-refractivity contribution >= 4 is 11.9 Å². The average molecular weight is 255 g/mol. The molecule has 0 aromatic rings. The fourth-order valence-electron chi connectivity index (χ4n) is 0.854.